The summed E-state index contributed by atoms with van der Waals surface area (Å²) in [6.07, 6.45) is -1.61. The summed E-state index contributed by atoms with van der Waals surface area (Å²) in [6, 6.07) is 7.38. The lowest BCUT2D eigenvalue weighted by Gasteiger charge is -2.14. The molecule has 38 heavy (non-hydrogen) atoms. The molecule has 1 aliphatic heterocycles. The van der Waals surface area contributed by atoms with E-state index in [4.69, 9.17) is 14.2 Å². The Morgan fingerprint density at radius 3 is 2.68 bits per heavy atom. The van der Waals surface area contributed by atoms with E-state index in [2.05, 4.69) is 21.2 Å². The number of alkyl halides is 3. The molecule has 0 spiro atoms. The molecule has 3 rings (SSSR count). The number of carbonyl (C=O) groups excluding carboxylic acids is 3. The van der Waals surface area contributed by atoms with Crippen LogP contribution in [0.4, 0.5) is 18.9 Å². The van der Waals surface area contributed by atoms with Gasteiger partial charge < -0.3 is 24.8 Å². The van der Waals surface area contributed by atoms with Gasteiger partial charge in [0.1, 0.15) is 0 Å². The van der Waals surface area contributed by atoms with Crippen LogP contribution in [0.5, 0.6) is 11.5 Å². The fourth-order valence-electron chi connectivity index (χ4n) is 3.37. The third kappa shape index (κ3) is 8.58. The van der Waals surface area contributed by atoms with Crippen LogP contribution in [0, 0.1) is 3.57 Å². The van der Waals surface area contributed by atoms with Crippen molar-refractivity contribution in [2.45, 2.75) is 25.1 Å². The van der Waals surface area contributed by atoms with Gasteiger partial charge in [-0.1, -0.05) is 6.07 Å². The lowest BCUT2D eigenvalue weighted by Crippen LogP contribution is -2.41. The van der Waals surface area contributed by atoms with E-state index in [9.17, 15) is 27.6 Å². The van der Waals surface area contributed by atoms with Crippen LogP contribution >= 0.6 is 22.6 Å². The van der Waals surface area contributed by atoms with Gasteiger partial charge in [0.15, 0.2) is 18.1 Å². The fourth-order valence-corrected chi connectivity index (χ4v) is 4.15. The number of ether oxygens (including phenoxy) is 3. The Hall–Kier alpha value is -3.40. The molecule has 1 saturated heterocycles. The maximum atomic E-state index is 12.9. The van der Waals surface area contributed by atoms with E-state index >= 15 is 0 Å². The molecule has 204 valence electrons. The van der Waals surface area contributed by atoms with Crippen molar-refractivity contribution in [3.05, 3.63) is 51.1 Å². The molecule has 1 fully saturated rings. The molecule has 0 radical (unpaired) electrons. The Bertz CT molecular complexity index is 1200. The van der Waals surface area contributed by atoms with Gasteiger partial charge in [-0.2, -0.15) is 18.3 Å². The van der Waals surface area contributed by atoms with Gasteiger partial charge in [-0.05, 0) is 71.3 Å². The average Bonchev–Trinajstić information content (AvgIpc) is 3.39. The molecule has 2 aromatic rings. The predicted molar refractivity (Wildman–Crippen MR) is 139 cm³/mol. The van der Waals surface area contributed by atoms with Crippen LogP contribution in [0.15, 0.2) is 41.5 Å². The molecule has 1 atom stereocenters. The van der Waals surface area contributed by atoms with Crippen LogP contribution in [0.25, 0.3) is 0 Å². The van der Waals surface area contributed by atoms with Gasteiger partial charge >= 0.3 is 18.0 Å². The molecule has 3 amide bonds. The minimum Gasteiger partial charge on any atom is -0.493 e. The van der Waals surface area contributed by atoms with Crippen molar-refractivity contribution in [2.75, 3.05) is 32.2 Å². The van der Waals surface area contributed by atoms with Crippen LogP contribution in [-0.4, -0.2) is 56.9 Å². The number of nitrogens with one attached hydrogen (secondary N) is 3. The zero-order valence-electron chi connectivity index (χ0n) is 20.1. The second kappa shape index (κ2) is 13.4. The molecule has 0 saturated carbocycles. The Labute approximate surface area is 229 Å². The van der Waals surface area contributed by atoms with Crippen molar-refractivity contribution in [3.63, 3.8) is 0 Å². The molecule has 0 bridgehead atoms. The van der Waals surface area contributed by atoms with Gasteiger partial charge in [-0.3, -0.25) is 14.4 Å². The molecule has 1 aliphatic rings. The summed E-state index contributed by atoms with van der Waals surface area (Å²) in [7, 11) is 1.38. The number of halogens is 4. The minimum absolute atomic E-state index is 0.0238. The Morgan fingerprint density at radius 2 is 2.00 bits per heavy atom. The quantitative estimate of drug-likeness (QED) is 0.166. The third-order valence-corrected chi connectivity index (χ3v) is 5.97. The standard InChI is InChI=1S/C24H24F3IN4O6/c1-36-19-9-14(11-30-32-23(35)22(34)29-12-17-6-3-7-37-17)8-18(28)21(19)38-13-20(33)31-16-5-2-4-15(10-16)24(25,26)27/h2,4-5,8-11,17H,3,6-7,12-13H2,1H3,(H,29,34)(H,31,33)(H,32,35)/b30-11-/t17-/m0/s1. The predicted octanol–water partition coefficient (Wildman–Crippen LogP) is 3.08. The summed E-state index contributed by atoms with van der Waals surface area (Å²) in [5.74, 6) is -1.98. The number of rotatable bonds is 9. The highest BCUT2D eigenvalue weighted by atomic mass is 127. The normalized spacial score (nSPS) is 15.2. The van der Waals surface area contributed by atoms with E-state index in [1.54, 1.807) is 6.07 Å². The topological polar surface area (TPSA) is 127 Å². The van der Waals surface area contributed by atoms with Gasteiger partial charge in [0.25, 0.3) is 5.91 Å². The second-order valence-electron chi connectivity index (χ2n) is 7.99. The molecule has 10 nitrogen and oxygen atoms in total. The number of benzene rings is 2. The summed E-state index contributed by atoms with van der Waals surface area (Å²) in [5.41, 5.74) is 1.71. The lowest BCUT2D eigenvalue weighted by molar-refractivity contribution is -0.139. The van der Waals surface area contributed by atoms with E-state index in [0.29, 0.717) is 15.7 Å². The van der Waals surface area contributed by atoms with Crippen LogP contribution in [0.3, 0.4) is 0 Å². The van der Waals surface area contributed by atoms with Gasteiger partial charge in [-0.25, -0.2) is 5.43 Å². The number of methoxy groups -OCH3 is 1. The SMILES string of the molecule is COc1cc(/C=N\NC(=O)C(=O)NC[C@@H]2CCCO2)cc(I)c1OCC(=O)Nc1cccc(C(F)(F)F)c1. The van der Waals surface area contributed by atoms with Crippen LogP contribution < -0.4 is 25.5 Å². The molecule has 1 heterocycles. The first-order valence-electron chi connectivity index (χ1n) is 11.3. The number of hydrazone groups is 1. The highest BCUT2D eigenvalue weighted by Crippen LogP contribution is 2.34. The highest BCUT2D eigenvalue weighted by molar-refractivity contribution is 14.1. The zero-order chi connectivity index (χ0) is 27.7. The molecular weight excluding hydrogens is 624 g/mol. The summed E-state index contributed by atoms with van der Waals surface area (Å²) < 4.78 is 55.4. The first-order chi connectivity index (χ1) is 18.1. The summed E-state index contributed by atoms with van der Waals surface area (Å²) in [5, 5.41) is 8.62. The largest absolute Gasteiger partial charge is 0.493 e. The Morgan fingerprint density at radius 1 is 1.21 bits per heavy atom. The highest BCUT2D eigenvalue weighted by Gasteiger charge is 2.30. The summed E-state index contributed by atoms with van der Waals surface area (Å²) in [6.45, 7) is 0.383. The summed E-state index contributed by atoms with van der Waals surface area (Å²) in [4.78, 5) is 36.0. The van der Waals surface area contributed by atoms with Crippen LogP contribution in [-0.2, 0) is 25.3 Å². The van der Waals surface area contributed by atoms with Gasteiger partial charge in [0, 0.05) is 18.8 Å². The first kappa shape index (κ1) is 29.2. The number of anilines is 1. The Kier molecular flexibility index (Phi) is 10.3. The summed E-state index contributed by atoms with van der Waals surface area (Å²) >= 11 is 1.94. The van der Waals surface area contributed by atoms with E-state index in [1.165, 1.54) is 31.5 Å². The van der Waals surface area contributed by atoms with Gasteiger partial charge in [-0.15, -0.1) is 0 Å². The van der Waals surface area contributed by atoms with Crippen LogP contribution in [0.1, 0.15) is 24.0 Å². The fraction of sp³-hybridized carbons (Fsp3) is 0.333. The van der Waals surface area contributed by atoms with E-state index < -0.39 is 36.1 Å². The van der Waals surface area contributed by atoms with Gasteiger partial charge in [0.2, 0.25) is 0 Å². The minimum atomic E-state index is -4.54. The number of hydrogen-bond donors (Lipinski definition) is 3. The van der Waals surface area contributed by atoms with Crippen molar-refractivity contribution in [1.82, 2.24) is 10.7 Å². The van der Waals surface area contributed by atoms with E-state index in [1.807, 2.05) is 22.6 Å². The average molecular weight is 648 g/mol. The van der Waals surface area contributed by atoms with E-state index in [-0.39, 0.29) is 29.8 Å². The van der Waals surface area contributed by atoms with Gasteiger partial charge in [0.05, 0.1) is 28.6 Å². The monoisotopic (exact) mass is 648 g/mol. The van der Waals surface area contributed by atoms with E-state index in [0.717, 1.165) is 25.0 Å². The smallest absolute Gasteiger partial charge is 0.416 e. The van der Waals surface area contributed by atoms with Crippen LogP contribution in [0.2, 0.25) is 0 Å². The number of nitrogens with zero attached hydrogens (tertiary/aromatic N) is 1. The first-order valence-corrected chi connectivity index (χ1v) is 12.3. The zero-order valence-corrected chi connectivity index (χ0v) is 22.2. The van der Waals surface area contributed by atoms with Crippen molar-refractivity contribution in [1.29, 1.82) is 0 Å². The van der Waals surface area contributed by atoms with Crippen molar-refractivity contribution >= 4 is 52.2 Å². The maximum absolute atomic E-state index is 12.9. The van der Waals surface area contributed by atoms with Crippen molar-refractivity contribution in [3.8, 4) is 11.5 Å². The third-order valence-electron chi connectivity index (χ3n) is 5.17. The van der Waals surface area contributed by atoms with Crippen molar-refractivity contribution < 1.29 is 41.8 Å². The Balaban J connectivity index is 1.54. The molecule has 0 aliphatic carbocycles. The molecule has 3 N–H and O–H groups in total. The second-order valence-corrected chi connectivity index (χ2v) is 9.16. The molecular formula is C24H24F3IN4O6. The van der Waals surface area contributed by atoms with Crippen molar-refractivity contribution in [2.24, 2.45) is 5.10 Å². The number of carbonyl (C=O) groups is 3. The molecule has 0 aromatic heterocycles. The number of amides is 3. The molecule has 2 aromatic carbocycles. The molecule has 14 heteroatoms. The number of hydrogen-bond acceptors (Lipinski definition) is 7. The lowest BCUT2D eigenvalue weighted by atomic mass is 10.2. The molecule has 0 unspecified atom stereocenters. The maximum Gasteiger partial charge on any atom is 0.416 e.